The van der Waals surface area contributed by atoms with Gasteiger partial charge in [0.25, 0.3) is 0 Å². The highest BCUT2D eigenvalue weighted by atomic mass is 16.5. The van der Waals surface area contributed by atoms with Crippen LogP contribution >= 0.6 is 0 Å². The maximum atomic E-state index is 5.71. The number of pyridine rings is 1. The van der Waals surface area contributed by atoms with Gasteiger partial charge in [0.15, 0.2) is 0 Å². The van der Waals surface area contributed by atoms with Crippen LogP contribution in [0.3, 0.4) is 0 Å². The van der Waals surface area contributed by atoms with E-state index in [9.17, 15) is 0 Å². The van der Waals surface area contributed by atoms with Crippen molar-refractivity contribution in [2.75, 3.05) is 17.7 Å². The monoisotopic (exact) mass is 269 g/mol. The molecule has 104 valence electrons. The van der Waals surface area contributed by atoms with Crippen molar-refractivity contribution in [3.05, 3.63) is 47.2 Å². The third-order valence-corrected chi connectivity index (χ3v) is 3.53. The van der Waals surface area contributed by atoms with E-state index in [0.717, 1.165) is 43.1 Å². The van der Waals surface area contributed by atoms with Crippen LogP contribution in [-0.4, -0.2) is 11.6 Å². The maximum Gasteiger partial charge on any atom is 0.129 e. The second-order valence-electron chi connectivity index (χ2n) is 5.18. The molecule has 2 heterocycles. The molecule has 4 heteroatoms. The summed E-state index contributed by atoms with van der Waals surface area (Å²) in [6, 6.07) is 8.31. The van der Waals surface area contributed by atoms with Gasteiger partial charge in [0.05, 0.1) is 18.5 Å². The van der Waals surface area contributed by atoms with E-state index >= 15 is 0 Å². The van der Waals surface area contributed by atoms with Gasteiger partial charge >= 0.3 is 0 Å². The molecule has 3 N–H and O–H groups in total. The lowest BCUT2D eigenvalue weighted by molar-refractivity contribution is 0.288. The van der Waals surface area contributed by atoms with Crippen molar-refractivity contribution in [2.45, 2.75) is 26.3 Å². The maximum absolute atomic E-state index is 5.71. The Morgan fingerprint density at radius 2 is 2.25 bits per heavy atom. The van der Waals surface area contributed by atoms with Gasteiger partial charge in [-0.1, -0.05) is 12.1 Å². The molecule has 0 fully saturated rings. The Bertz CT molecular complexity index is 625. The minimum Gasteiger partial charge on any atom is -0.493 e. The summed E-state index contributed by atoms with van der Waals surface area (Å²) in [5.41, 5.74) is 10.0. The fourth-order valence-corrected chi connectivity index (χ4v) is 2.49. The fourth-order valence-electron chi connectivity index (χ4n) is 2.49. The molecule has 1 aliphatic heterocycles. The van der Waals surface area contributed by atoms with Gasteiger partial charge in [-0.25, -0.2) is 4.98 Å². The standard InChI is InChI=1S/C16H19N3O/c1-11-7-14(17)10-19-16(11)18-9-12-4-5-15-13(8-12)3-2-6-20-15/h4-5,7-8,10H,2-3,6,9,17H2,1H3,(H,18,19). The molecule has 0 bridgehead atoms. The number of hydrogen-bond acceptors (Lipinski definition) is 4. The van der Waals surface area contributed by atoms with Gasteiger partial charge in [0.2, 0.25) is 0 Å². The van der Waals surface area contributed by atoms with Crippen LogP contribution in [0.1, 0.15) is 23.1 Å². The zero-order valence-corrected chi connectivity index (χ0v) is 11.6. The number of nitrogens with two attached hydrogens (primary N) is 1. The zero-order chi connectivity index (χ0) is 13.9. The van der Waals surface area contributed by atoms with Crippen molar-refractivity contribution in [3.8, 4) is 5.75 Å². The zero-order valence-electron chi connectivity index (χ0n) is 11.6. The highest BCUT2D eigenvalue weighted by molar-refractivity contribution is 5.51. The second-order valence-corrected chi connectivity index (χ2v) is 5.18. The molecule has 0 radical (unpaired) electrons. The Hall–Kier alpha value is -2.23. The lowest BCUT2D eigenvalue weighted by Crippen LogP contribution is -2.09. The van der Waals surface area contributed by atoms with Gasteiger partial charge in [-0.2, -0.15) is 0 Å². The number of hydrogen-bond donors (Lipinski definition) is 2. The molecule has 0 spiro atoms. The average molecular weight is 269 g/mol. The third-order valence-electron chi connectivity index (χ3n) is 3.53. The molecule has 0 atom stereocenters. The van der Waals surface area contributed by atoms with E-state index in [4.69, 9.17) is 10.5 Å². The molecule has 0 amide bonds. The van der Waals surface area contributed by atoms with E-state index in [1.807, 2.05) is 13.0 Å². The van der Waals surface area contributed by atoms with Crippen molar-refractivity contribution in [3.63, 3.8) is 0 Å². The lowest BCUT2D eigenvalue weighted by Gasteiger charge is -2.18. The molecule has 1 aliphatic rings. The molecule has 20 heavy (non-hydrogen) atoms. The van der Waals surface area contributed by atoms with Crippen LogP contribution in [0, 0.1) is 6.92 Å². The molecule has 4 nitrogen and oxygen atoms in total. The summed E-state index contributed by atoms with van der Waals surface area (Å²) in [4.78, 5) is 4.32. The normalized spacial score (nSPS) is 13.4. The topological polar surface area (TPSA) is 60.2 Å². The van der Waals surface area contributed by atoms with Gasteiger partial charge in [-0.05, 0) is 48.6 Å². The molecule has 0 aliphatic carbocycles. The predicted molar refractivity (Wildman–Crippen MR) is 81.0 cm³/mol. The first kappa shape index (κ1) is 12.8. The lowest BCUT2D eigenvalue weighted by atomic mass is 10.0. The minimum atomic E-state index is 0.693. The minimum absolute atomic E-state index is 0.693. The number of aromatic nitrogens is 1. The molecular formula is C16H19N3O. The van der Waals surface area contributed by atoms with Gasteiger partial charge in [-0.15, -0.1) is 0 Å². The molecular weight excluding hydrogens is 250 g/mol. The van der Waals surface area contributed by atoms with Crippen LogP contribution < -0.4 is 15.8 Å². The van der Waals surface area contributed by atoms with Crippen molar-refractivity contribution in [2.24, 2.45) is 0 Å². The number of nitrogen functional groups attached to an aromatic ring is 1. The smallest absolute Gasteiger partial charge is 0.129 e. The van der Waals surface area contributed by atoms with Crippen molar-refractivity contribution < 1.29 is 4.74 Å². The summed E-state index contributed by atoms with van der Waals surface area (Å²) in [6.45, 7) is 3.59. The Kier molecular flexibility index (Phi) is 3.46. The van der Waals surface area contributed by atoms with Gasteiger partial charge in [0, 0.05) is 6.54 Å². The van der Waals surface area contributed by atoms with Gasteiger partial charge < -0.3 is 15.8 Å². The highest BCUT2D eigenvalue weighted by Gasteiger charge is 2.10. The molecule has 2 aromatic rings. The quantitative estimate of drug-likeness (QED) is 0.899. The van der Waals surface area contributed by atoms with Crippen LogP contribution in [0.15, 0.2) is 30.5 Å². The summed E-state index contributed by atoms with van der Waals surface area (Å²) >= 11 is 0. The van der Waals surface area contributed by atoms with E-state index in [-0.39, 0.29) is 0 Å². The number of anilines is 2. The summed E-state index contributed by atoms with van der Waals surface area (Å²) < 4.78 is 5.63. The number of rotatable bonds is 3. The molecule has 1 aromatic heterocycles. The van der Waals surface area contributed by atoms with E-state index in [1.54, 1.807) is 6.20 Å². The number of ether oxygens (including phenoxy) is 1. The molecule has 0 saturated carbocycles. The van der Waals surface area contributed by atoms with E-state index in [2.05, 4.69) is 28.5 Å². The fraction of sp³-hybridized carbons (Fsp3) is 0.312. The van der Waals surface area contributed by atoms with Crippen LogP contribution in [-0.2, 0) is 13.0 Å². The van der Waals surface area contributed by atoms with E-state index in [0.29, 0.717) is 5.69 Å². The van der Waals surface area contributed by atoms with Gasteiger partial charge in [-0.3, -0.25) is 0 Å². The van der Waals surface area contributed by atoms with Crippen LogP contribution in [0.5, 0.6) is 5.75 Å². The first-order valence-corrected chi connectivity index (χ1v) is 6.93. The predicted octanol–water partition coefficient (Wildman–Crippen LogP) is 2.91. The molecule has 0 unspecified atom stereocenters. The van der Waals surface area contributed by atoms with Crippen LogP contribution in [0.4, 0.5) is 11.5 Å². The first-order chi connectivity index (χ1) is 9.72. The summed E-state index contributed by atoms with van der Waals surface area (Å²) in [7, 11) is 0. The van der Waals surface area contributed by atoms with Crippen molar-refractivity contribution in [1.29, 1.82) is 0 Å². The highest BCUT2D eigenvalue weighted by Crippen LogP contribution is 2.26. The number of benzene rings is 1. The SMILES string of the molecule is Cc1cc(N)cnc1NCc1ccc2c(c1)CCCO2. The average Bonchev–Trinajstić information content (AvgIpc) is 2.46. The summed E-state index contributed by atoms with van der Waals surface area (Å²) in [5, 5.41) is 3.36. The Labute approximate surface area is 119 Å². The van der Waals surface area contributed by atoms with Crippen LogP contribution in [0.25, 0.3) is 0 Å². The Morgan fingerprint density at radius 3 is 3.10 bits per heavy atom. The summed E-state index contributed by atoms with van der Waals surface area (Å²) in [6.07, 6.45) is 3.88. The van der Waals surface area contributed by atoms with E-state index < -0.39 is 0 Å². The van der Waals surface area contributed by atoms with Crippen molar-refractivity contribution in [1.82, 2.24) is 4.98 Å². The van der Waals surface area contributed by atoms with E-state index in [1.165, 1.54) is 11.1 Å². The number of aryl methyl sites for hydroxylation is 2. The third kappa shape index (κ3) is 2.69. The number of nitrogens with zero attached hydrogens (tertiary/aromatic N) is 1. The Morgan fingerprint density at radius 1 is 1.35 bits per heavy atom. The first-order valence-electron chi connectivity index (χ1n) is 6.93. The number of fused-ring (bicyclic) bond motifs is 1. The largest absolute Gasteiger partial charge is 0.493 e. The van der Waals surface area contributed by atoms with Crippen LogP contribution in [0.2, 0.25) is 0 Å². The van der Waals surface area contributed by atoms with Crippen molar-refractivity contribution >= 4 is 11.5 Å². The molecule has 0 saturated heterocycles. The summed E-state index contributed by atoms with van der Waals surface area (Å²) in [5.74, 6) is 1.91. The van der Waals surface area contributed by atoms with Gasteiger partial charge in [0.1, 0.15) is 11.6 Å². The molecule has 3 rings (SSSR count). The Balaban J connectivity index is 1.72. The second kappa shape index (κ2) is 5.41. The number of nitrogens with one attached hydrogen (secondary N) is 1. The molecule has 1 aromatic carbocycles.